The summed E-state index contributed by atoms with van der Waals surface area (Å²) < 4.78 is 39.2. The van der Waals surface area contributed by atoms with Crippen molar-refractivity contribution in [1.82, 2.24) is 5.32 Å². The van der Waals surface area contributed by atoms with Crippen molar-refractivity contribution in [3.05, 3.63) is 64.7 Å². The largest absolute Gasteiger partial charge is 0.480 e. The Kier molecular flexibility index (Phi) is 5.10. The van der Waals surface area contributed by atoms with Crippen molar-refractivity contribution in [2.75, 3.05) is 19.7 Å². The molecule has 2 atom stereocenters. The first-order valence-corrected chi connectivity index (χ1v) is 7.71. The van der Waals surface area contributed by atoms with Crippen LogP contribution in [0.1, 0.15) is 11.7 Å². The van der Waals surface area contributed by atoms with Crippen molar-refractivity contribution in [2.45, 2.75) is 12.2 Å². The van der Waals surface area contributed by atoms with Gasteiger partial charge in [-0.3, -0.25) is 0 Å². The van der Waals surface area contributed by atoms with Crippen LogP contribution in [0.15, 0.2) is 42.5 Å². The summed E-state index contributed by atoms with van der Waals surface area (Å²) in [6.45, 7) is 1.78. The van der Waals surface area contributed by atoms with Gasteiger partial charge in [-0.05, 0) is 29.8 Å². The lowest BCUT2D eigenvalue weighted by Gasteiger charge is -2.31. The molecule has 6 heteroatoms. The third kappa shape index (κ3) is 3.80. The first kappa shape index (κ1) is 16.2. The fraction of sp³-hybridized carbons (Fsp3) is 0.294. The van der Waals surface area contributed by atoms with E-state index in [1.54, 1.807) is 18.2 Å². The molecule has 1 fully saturated rings. The summed E-state index contributed by atoms with van der Waals surface area (Å²) in [7, 11) is 0. The zero-order valence-corrected chi connectivity index (χ0v) is 13.0. The molecule has 3 nitrogen and oxygen atoms in total. The van der Waals surface area contributed by atoms with Crippen molar-refractivity contribution in [3.63, 3.8) is 0 Å². The number of nitrogens with one attached hydrogen (secondary N) is 1. The van der Waals surface area contributed by atoms with Crippen molar-refractivity contribution in [2.24, 2.45) is 0 Å². The van der Waals surface area contributed by atoms with Gasteiger partial charge < -0.3 is 14.8 Å². The molecule has 0 spiro atoms. The van der Waals surface area contributed by atoms with E-state index in [9.17, 15) is 8.78 Å². The number of hydrogen-bond acceptors (Lipinski definition) is 3. The average Bonchev–Trinajstić information content (AvgIpc) is 2.57. The minimum absolute atomic E-state index is 0.0148. The summed E-state index contributed by atoms with van der Waals surface area (Å²) in [5.74, 6) is -1.01. The van der Waals surface area contributed by atoms with Gasteiger partial charge in [0.1, 0.15) is 11.9 Å². The van der Waals surface area contributed by atoms with E-state index >= 15 is 0 Å². The van der Waals surface area contributed by atoms with Crippen LogP contribution in [0.25, 0.3) is 0 Å². The van der Waals surface area contributed by atoms with Crippen LogP contribution in [0, 0.1) is 11.6 Å². The molecule has 122 valence electrons. The van der Waals surface area contributed by atoms with Gasteiger partial charge in [0.05, 0.1) is 11.6 Å². The maximum Gasteiger partial charge on any atom is 0.183 e. The molecule has 0 radical (unpaired) electrons. The van der Waals surface area contributed by atoms with Crippen LogP contribution in [0.2, 0.25) is 5.02 Å². The monoisotopic (exact) mass is 339 g/mol. The second-order valence-corrected chi connectivity index (χ2v) is 5.67. The molecule has 3 rings (SSSR count). The Hall–Kier alpha value is -1.69. The van der Waals surface area contributed by atoms with Gasteiger partial charge in [-0.2, -0.15) is 0 Å². The van der Waals surface area contributed by atoms with E-state index < -0.39 is 11.9 Å². The Morgan fingerprint density at radius 3 is 2.78 bits per heavy atom. The number of morpholine rings is 1. The topological polar surface area (TPSA) is 30.5 Å². The molecular formula is C17H16ClF2NO2. The van der Waals surface area contributed by atoms with E-state index in [4.69, 9.17) is 21.1 Å². The van der Waals surface area contributed by atoms with Crippen LogP contribution in [0.4, 0.5) is 8.78 Å². The highest BCUT2D eigenvalue weighted by atomic mass is 35.5. The third-order valence-corrected chi connectivity index (χ3v) is 3.93. The SMILES string of the molecule is Fc1cccc([C@H](Oc2cccc(Cl)c2F)[C@@H]2CNCCO2)c1. The van der Waals surface area contributed by atoms with E-state index in [1.165, 1.54) is 24.3 Å². The minimum atomic E-state index is -0.647. The molecule has 23 heavy (non-hydrogen) atoms. The Morgan fingerprint density at radius 1 is 1.22 bits per heavy atom. The Morgan fingerprint density at radius 2 is 2.04 bits per heavy atom. The molecule has 0 unspecified atom stereocenters. The number of ether oxygens (including phenoxy) is 2. The predicted molar refractivity (Wildman–Crippen MR) is 83.8 cm³/mol. The van der Waals surface area contributed by atoms with E-state index in [2.05, 4.69) is 5.32 Å². The van der Waals surface area contributed by atoms with Crippen LogP contribution in [0.5, 0.6) is 5.75 Å². The van der Waals surface area contributed by atoms with Crippen molar-refractivity contribution >= 4 is 11.6 Å². The van der Waals surface area contributed by atoms with E-state index in [0.717, 1.165) is 6.54 Å². The van der Waals surface area contributed by atoms with E-state index in [1.807, 2.05) is 0 Å². The quantitative estimate of drug-likeness (QED) is 0.920. The lowest BCUT2D eigenvalue weighted by Crippen LogP contribution is -2.43. The molecule has 0 amide bonds. The number of hydrogen-bond donors (Lipinski definition) is 1. The summed E-state index contributed by atoms with van der Waals surface area (Å²) >= 11 is 5.80. The Bertz CT molecular complexity index is 677. The molecule has 1 N–H and O–H groups in total. The maximum absolute atomic E-state index is 14.1. The third-order valence-electron chi connectivity index (χ3n) is 3.64. The fourth-order valence-electron chi connectivity index (χ4n) is 2.53. The standard InChI is InChI=1S/C17H16ClF2NO2/c18-13-5-2-6-14(16(13)20)23-17(15-10-21-7-8-22-15)11-3-1-4-12(19)9-11/h1-6,9,15,17,21H,7-8,10H2/t15-,17-/m0/s1. The second kappa shape index (κ2) is 7.25. The van der Waals surface area contributed by atoms with Crippen molar-refractivity contribution < 1.29 is 18.3 Å². The number of benzene rings is 2. The van der Waals surface area contributed by atoms with E-state index in [-0.39, 0.29) is 22.7 Å². The molecule has 1 saturated heterocycles. The van der Waals surface area contributed by atoms with Gasteiger partial charge in [0.2, 0.25) is 0 Å². The van der Waals surface area contributed by atoms with E-state index in [0.29, 0.717) is 18.7 Å². The van der Waals surface area contributed by atoms with Gasteiger partial charge in [-0.1, -0.05) is 29.8 Å². The molecule has 1 aliphatic heterocycles. The summed E-state index contributed by atoms with van der Waals surface area (Å²) in [5, 5.41) is 3.17. The second-order valence-electron chi connectivity index (χ2n) is 5.26. The maximum atomic E-state index is 14.1. The molecule has 0 aliphatic carbocycles. The smallest absolute Gasteiger partial charge is 0.183 e. The zero-order valence-electron chi connectivity index (χ0n) is 12.3. The summed E-state index contributed by atoms with van der Waals surface area (Å²) in [5.41, 5.74) is 0.582. The van der Waals surface area contributed by atoms with Crippen LogP contribution in [0.3, 0.4) is 0 Å². The normalized spacial score (nSPS) is 19.3. The van der Waals surface area contributed by atoms with Gasteiger partial charge >= 0.3 is 0 Å². The fourth-order valence-corrected chi connectivity index (χ4v) is 2.70. The highest BCUT2D eigenvalue weighted by Gasteiger charge is 2.29. The first-order chi connectivity index (χ1) is 11.1. The lowest BCUT2D eigenvalue weighted by molar-refractivity contribution is -0.0443. The molecule has 1 heterocycles. The van der Waals surface area contributed by atoms with Gasteiger partial charge in [0.25, 0.3) is 0 Å². The summed E-state index contributed by atoms with van der Waals surface area (Å²) in [6, 6.07) is 10.6. The highest BCUT2D eigenvalue weighted by Crippen LogP contribution is 2.31. The van der Waals surface area contributed by atoms with Crippen molar-refractivity contribution in [1.29, 1.82) is 0 Å². The highest BCUT2D eigenvalue weighted by molar-refractivity contribution is 6.30. The number of halogens is 3. The molecular weight excluding hydrogens is 324 g/mol. The van der Waals surface area contributed by atoms with Crippen LogP contribution < -0.4 is 10.1 Å². The molecule has 2 aromatic carbocycles. The molecule has 0 bridgehead atoms. The molecule has 2 aromatic rings. The zero-order chi connectivity index (χ0) is 16.2. The minimum Gasteiger partial charge on any atom is -0.480 e. The van der Waals surface area contributed by atoms with Gasteiger partial charge in [-0.25, -0.2) is 8.78 Å². The van der Waals surface area contributed by atoms with Gasteiger partial charge in [0, 0.05) is 13.1 Å². The van der Waals surface area contributed by atoms with Crippen LogP contribution in [-0.2, 0) is 4.74 Å². The molecule has 0 aromatic heterocycles. The Balaban J connectivity index is 1.92. The van der Waals surface area contributed by atoms with Crippen LogP contribution >= 0.6 is 11.6 Å². The van der Waals surface area contributed by atoms with Gasteiger partial charge in [0.15, 0.2) is 17.7 Å². The van der Waals surface area contributed by atoms with Crippen LogP contribution in [-0.4, -0.2) is 25.8 Å². The Labute approximate surface area is 138 Å². The average molecular weight is 340 g/mol. The first-order valence-electron chi connectivity index (χ1n) is 7.33. The summed E-state index contributed by atoms with van der Waals surface area (Å²) in [4.78, 5) is 0. The number of rotatable bonds is 4. The summed E-state index contributed by atoms with van der Waals surface area (Å²) in [6.07, 6.45) is -1.00. The van der Waals surface area contributed by atoms with Gasteiger partial charge in [-0.15, -0.1) is 0 Å². The van der Waals surface area contributed by atoms with Crippen molar-refractivity contribution in [3.8, 4) is 5.75 Å². The lowest BCUT2D eigenvalue weighted by atomic mass is 10.0. The predicted octanol–water partition coefficient (Wildman–Crippen LogP) is 3.73. The molecule has 0 saturated carbocycles. The molecule has 1 aliphatic rings.